The number of rotatable bonds is 10. The molecule has 14 nitrogen and oxygen atoms in total. The fourth-order valence-electron chi connectivity index (χ4n) is 7.43. The molecule has 8 rings (SSSR count). The summed E-state index contributed by atoms with van der Waals surface area (Å²) in [5.41, 5.74) is 23.3. The molecule has 0 radical (unpaired) electrons. The number of fused-ring (bicyclic) bond motifs is 3. The Bertz CT molecular complexity index is 2640. The van der Waals surface area contributed by atoms with Crippen molar-refractivity contribution in [2.24, 2.45) is 0 Å². The van der Waals surface area contributed by atoms with Crippen LogP contribution in [0.2, 0.25) is 0 Å². The number of ether oxygens (including phenoxy) is 2. The Morgan fingerprint density at radius 3 is 2.27 bits per heavy atom. The fraction of sp³-hybridized carbons (Fsp3) is 0.238. The zero-order valence-corrected chi connectivity index (χ0v) is 31.8. The third-order valence-electron chi connectivity index (χ3n) is 10.1. The van der Waals surface area contributed by atoms with Gasteiger partial charge in [-0.3, -0.25) is 9.59 Å². The average Bonchev–Trinajstić information content (AvgIpc) is 3.91. The first-order valence-corrected chi connectivity index (χ1v) is 18.4. The van der Waals surface area contributed by atoms with Crippen LogP contribution in [0.1, 0.15) is 88.3 Å². The summed E-state index contributed by atoms with van der Waals surface area (Å²) in [5, 5.41) is 15.4. The van der Waals surface area contributed by atoms with E-state index in [9.17, 15) is 9.59 Å². The Balaban J connectivity index is 1.19. The maximum atomic E-state index is 14.3. The Kier molecular flexibility index (Phi) is 9.44. The molecule has 6 N–H and O–H groups in total. The summed E-state index contributed by atoms with van der Waals surface area (Å²) >= 11 is 0. The highest BCUT2D eigenvalue weighted by molar-refractivity contribution is 6.16. The zero-order valence-electron chi connectivity index (χ0n) is 31.8. The van der Waals surface area contributed by atoms with Crippen LogP contribution in [0, 0.1) is 0 Å². The molecule has 0 unspecified atom stereocenters. The van der Waals surface area contributed by atoms with E-state index in [0.29, 0.717) is 70.4 Å². The van der Waals surface area contributed by atoms with E-state index in [1.165, 1.54) is 6.33 Å². The van der Waals surface area contributed by atoms with Crippen LogP contribution in [0.5, 0.6) is 0 Å². The number of benzene rings is 3. The molecule has 284 valence electrons. The number of anilines is 4. The fourth-order valence-corrected chi connectivity index (χ4v) is 7.43. The number of carbonyl (C=O) groups is 2. The molecule has 14 heteroatoms. The molecule has 0 aliphatic carbocycles. The minimum Gasteiger partial charge on any atom is -0.382 e. The second-order valence-electron chi connectivity index (χ2n) is 14.5. The third kappa shape index (κ3) is 6.37. The number of nitrogen functional groups attached to an aromatic ring is 2. The predicted molar refractivity (Wildman–Crippen MR) is 214 cm³/mol. The number of nitrogens with one attached hydrogen (secondary N) is 2. The summed E-state index contributed by atoms with van der Waals surface area (Å²) in [5.74, 6) is -0.101. The van der Waals surface area contributed by atoms with Crippen LogP contribution in [0.15, 0.2) is 85.5 Å². The van der Waals surface area contributed by atoms with Crippen LogP contribution < -0.4 is 26.7 Å². The Morgan fingerprint density at radius 2 is 1.55 bits per heavy atom. The van der Waals surface area contributed by atoms with Crippen molar-refractivity contribution < 1.29 is 23.6 Å². The van der Waals surface area contributed by atoms with Crippen molar-refractivity contribution in [1.29, 1.82) is 0 Å². The number of aromatic nitrogens is 6. The number of nitrogens with zero attached hydrogens (tertiary/aromatic N) is 6. The molecule has 3 aromatic carbocycles. The first-order chi connectivity index (χ1) is 27.0. The smallest absolute Gasteiger partial charge is 0.258 e. The predicted octanol–water partition coefficient (Wildman–Crippen LogP) is 6.41. The molecule has 2 amide bonds. The zero-order chi connectivity index (χ0) is 39.2. The van der Waals surface area contributed by atoms with Gasteiger partial charge >= 0.3 is 0 Å². The van der Waals surface area contributed by atoms with Crippen LogP contribution in [-0.2, 0) is 29.3 Å². The summed E-state index contributed by atoms with van der Waals surface area (Å²) in [7, 11) is 1.64. The molecule has 0 atom stereocenters. The Hall–Kier alpha value is -6.64. The van der Waals surface area contributed by atoms with Crippen molar-refractivity contribution in [2.75, 3.05) is 29.2 Å². The Morgan fingerprint density at radius 1 is 0.839 bits per heavy atom. The van der Waals surface area contributed by atoms with Gasteiger partial charge in [-0.15, -0.1) is 0 Å². The molecule has 0 saturated carbocycles. The largest absolute Gasteiger partial charge is 0.382 e. The lowest BCUT2D eigenvalue weighted by molar-refractivity contribution is -0.583. The average molecular weight is 752 g/mol. The second kappa shape index (κ2) is 14.5. The number of carbonyl (C=O) groups excluding carboxylic acids is 2. The molecule has 56 heavy (non-hydrogen) atoms. The van der Waals surface area contributed by atoms with Crippen molar-refractivity contribution in [3.63, 3.8) is 0 Å². The van der Waals surface area contributed by atoms with Gasteiger partial charge in [-0.2, -0.15) is 14.2 Å². The third-order valence-corrected chi connectivity index (χ3v) is 10.1. The van der Waals surface area contributed by atoms with E-state index < -0.39 is 0 Å². The highest BCUT2D eigenvalue weighted by atomic mass is 16.5. The SMILES string of the molecule is COCc1ccc(NC(=O)c2c(-c3ccc(-[n+]4cnn5c(C(C)C)cc(C(=O)Nc6ccc7c(c6)COC7)c5c4N)cc3)c(C(C)C)n3ncnc(N)c23)cc1. The Labute approximate surface area is 323 Å². The van der Waals surface area contributed by atoms with E-state index >= 15 is 0 Å². The highest BCUT2D eigenvalue weighted by Gasteiger charge is 2.30. The molecule has 0 bridgehead atoms. The molecule has 4 aromatic heterocycles. The molecule has 0 saturated heterocycles. The van der Waals surface area contributed by atoms with Gasteiger partial charge < -0.3 is 31.6 Å². The van der Waals surface area contributed by atoms with Crippen LogP contribution in [-0.4, -0.2) is 43.1 Å². The molecule has 0 spiro atoms. The van der Waals surface area contributed by atoms with E-state index in [2.05, 4.69) is 20.7 Å². The van der Waals surface area contributed by atoms with Gasteiger partial charge in [-0.05, 0) is 81.7 Å². The van der Waals surface area contributed by atoms with Gasteiger partial charge in [0.05, 0.1) is 42.3 Å². The lowest BCUT2D eigenvalue weighted by atomic mass is 9.95. The van der Waals surface area contributed by atoms with Gasteiger partial charge in [0.25, 0.3) is 24.0 Å². The molecule has 1 aliphatic heterocycles. The molecule has 0 fully saturated rings. The standard InChI is InChI=1S/C42H42N10O4/c1-23(2)33-17-32(41(53)49-30-13-8-27-19-56-20-28(27)16-30)37-40(44)50(22-47-51(33)37)31-14-9-26(10-15-31)34-35(38-39(43)45-21-46-52(38)36(34)24(3)4)42(54)48-29-11-6-25(7-12-29)18-55-5/h6-17,21-24,44H,18-20H2,1-5H3,(H4,43,45,46,48,49,53,54)/p+1. The minimum atomic E-state index is -0.351. The van der Waals surface area contributed by atoms with Crippen LogP contribution in [0.4, 0.5) is 23.0 Å². The van der Waals surface area contributed by atoms with Crippen LogP contribution >= 0.6 is 0 Å². The van der Waals surface area contributed by atoms with Gasteiger partial charge in [0, 0.05) is 24.0 Å². The van der Waals surface area contributed by atoms with Gasteiger partial charge in [0.15, 0.2) is 11.3 Å². The van der Waals surface area contributed by atoms with Crippen molar-refractivity contribution in [2.45, 2.75) is 59.4 Å². The van der Waals surface area contributed by atoms with Crippen molar-refractivity contribution in [1.82, 2.24) is 24.2 Å². The summed E-state index contributed by atoms with van der Waals surface area (Å²) in [6, 6.07) is 22.8. The number of methoxy groups -OCH3 is 1. The van der Waals surface area contributed by atoms with Crippen LogP contribution in [0.3, 0.4) is 0 Å². The van der Waals surface area contributed by atoms with Gasteiger partial charge in [0.1, 0.15) is 17.5 Å². The number of amides is 2. The van der Waals surface area contributed by atoms with E-state index in [4.69, 9.17) is 26.0 Å². The van der Waals surface area contributed by atoms with Crippen LogP contribution in [0.25, 0.3) is 27.8 Å². The number of nitrogens with two attached hydrogens (primary N) is 2. The quantitative estimate of drug-likeness (QED) is 0.115. The lowest BCUT2D eigenvalue weighted by Crippen LogP contribution is -2.36. The van der Waals surface area contributed by atoms with Crippen molar-refractivity contribution in [3.05, 3.63) is 125 Å². The molecular weight excluding hydrogens is 709 g/mol. The van der Waals surface area contributed by atoms with Gasteiger partial charge in [-0.1, -0.05) is 58.0 Å². The second-order valence-corrected chi connectivity index (χ2v) is 14.5. The monoisotopic (exact) mass is 751 g/mol. The van der Waals surface area contributed by atoms with Gasteiger partial charge in [0.2, 0.25) is 0 Å². The van der Waals surface area contributed by atoms with E-state index in [-0.39, 0.29) is 29.5 Å². The normalized spacial score (nSPS) is 12.6. The van der Waals surface area contributed by atoms with Gasteiger partial charge in [-0.25, -0.2) is 9.50 Å². The highest BCUT2D eigenvalue weighted by Crippen LogP contribution is 2.39. The molecule has 5 heterocycles. The van der Waals surface area contributed by atoms with E-state index in [1.807, 2.05) is 100 Å². The molecule has 7 aromatic rings. The maximum Gasteiger partial charge on any atom is 0.258 e. The summed E-state index contributed by atoms with van der Waals surface area (Å²) in [6.07, 6.45) is 3.03. The minimum absolute atomic E-state index is 0.0443. The molecular formula is C42H43N10O4+. The van der Waals surface area contributed by atoms with E-state index in [1.54, 1.807) is 27.0 Å². The number of hydrogen-bond donors (Lipinski definition) is 4. The topological polar surface area (TPSA) is 180 Å². The van der Waals surface area contributed by atoms with E-state index in [0.717, 1.165) is 33.6 Å². The lowest BCUT2D eigenvalue weighted by Gasteiger charge is -2.12. The van der Waals surface area contributed by atoms with Crippen molar-refractivity contribution in [3.8, 4) is 16.8 Å². The maximum absolute atomic E-state index is 14.3. The first-order valence-electron chi connectivity index (χ1n) is 18.4. The van der Waals surface area contributed by atoms with Crippen molar-refractivity contribution >= 4 is 45.9 Å². The number of hydrogen-bond acceptors (Lipinski definition) is 9. The summed E-state index contributed by atoms with van der Waals surface area (Å²) < 4.78 is 16.0. The first kappa shape index (κ1) is 36.3. The summed E-state index contributed by atoms with van der Waals surface area (Å²) in [6.45, 7) is 9.73. The summed E-state index contributed by atoms with van der Waals surface area (Å²) in [4.78, 5) is 32.4. The molecule has 1 aliphatic rings.